The van der Waals surface area contributed by atoms with Crippen molar-refractivity contribution in [2.75, 3.05) is 0 Å². The maximum Gasteiger partial charge on any atom is 0.252 e. The van der Waals surface area contributed by atoms with Gasteiger partial charge in [-0.15, -0.1) is 11.8 Å². The molecule has 3 rings (SSSR count). The summed E-state index contributed by atoms with van der Waals surface area (Å²) in [7, 11) is 0. The molecule has 1 aliphatic rings. The van der Waals surface area contributed by atoms with Gasteiger partial charge in [-0.2, -0.15) is 0 Å². The normalized spacial score (nSPS) is 22.2. The predicted octanol–water partition coefficient (Wildman–Crippen LogP) is 0.679. The number of nitrogens with two attached hydrogens (primary N) is 1. The van der Waals surface area contributed by atoms with Crippen LogP contribution in [0.2, 0.25) is 0 Å². The van der Waals surface area contributed by atoms with Crippen LogP contribution in [0.15, 0.2) is 42.6 Å². The second-order valence-corrected chi connectivity index (χ2v) is 6.89. The molecule has 27 heavy (non-hydrogen) atoms. The van der Waals surface area contributed by atoms with Gasteiger partial charge in [0.25, 0.3) is 5.91 Å². The van der Waals surface area contributed by atoms with Crippen LogP contribution in [0.5, 0.6) is 0 Å². The van der Waals surface area contributed by atoms with E-state index in [0.717, 1.165) is 23.9 Å². The lowest BCUT2D eigenvalue weighted by molar-refractivity contribution is -0.125. The smallest absolute Gasteiger partial charge is 0.252 e. The number of benzene rings is 1. The predicted molar refractivity (Wildman–Crippen MR) is 96.2 cm³/mol. The number of carbonyl (C=O) groups is 2. The maximum atomic E-state index is 13.3. The SMILES string of the molecule is NC1NC(SCc2ccccn2)NC(=O)C1NC(=O)c1ccc(F)c(F)c1. The standard InChI is InChI=1S/C17H17F2N5O2S/c18-11-5-4-9(7-12(11)19)15(25)22-13-14(20)23-17(24-16(13)26)27-8-10-3-1-2-6-21-10/h1-7,13-14,17,23H,8,20H2,(H,22,25)(H,24,26). The van der Waals surface area contributed by atoms with Crippen molar-refractivity contribution in [3.63, 3.8) is 0 Å². The Balaban J connectivity index is 1.57. The summed E-state index contributed by atoms with van der Waals surface area (Å²) >= 11 is 1.39. The molecule has 10 heteroatoms. The van der Waals surface area contributed by atoms with Crippen molar-refractivity contribution in [2.45, 2.75) is 23.5 Å². The van der Waals surface area contributed by atoms with Gasteiger partial charge in [0.05, 0.1) is 11.9 Å². The lowest BCUT2D eigenvalue weighted by Gasteiger charge is -2.35. The monoisotopic (exact) mass is 393 g/mol. The number of nitrogens with one attached hydrogen (secondary N) is 3. The molecular weight excluding hydrogens is 376 g/mol. The molecule has 0 saturated carbocycles. The Morgan fingerprint density at radius 2 is 2.07 bits per heavy atom. The molecule has 1 fully saturated rings. The molecule has 2 heterocycles. The molecule has 1 aromatic carbocycles. The molecule has 7 nitrogen and oxygen atoms in total. The molecule has 2 aromatic rings. The van der Waals surface area contributed by atoms with Crippen molar-refractivity contribution in [3.05, 3.63) is 65.5 Å². The molecule has 3 atom stereocenters. The molecule has 3 unspecified atom stereocenters. The second kappa shape index (κ2) is 8.42. The Morgan fingerprint density at radius 3 is 2.74 bits per heavy atom. The zero-order valence-electron chi connectivity index (χ0n) is 14.0. The third-order valence-corrected chi connectivity index (χ3v) is 4.90. The van der Waals surface area contributed by atoms with Crippen LogP contribution in [0.3, 0.4) is 0 Å². The van der Waals surface area contributed by atoms with Crippen LogP contribution >= 0.6 is 11.8 Å². The number of rotatable bonds is 5. The highest BCUT2D eigenvalue weighted by Gasteiger charge is 2.35. The van der Waals surface area contributed by atoms with E-state index in [1.54, 1.807) is 6.20 Å². The number of carbonyl (C=O) groups excluding carboxylic acids is 2. The first-order valence-corrected chi connectivity index (χ1v) is 9.08. The maximum absolute atomic E-state index is 13.3. The first-order valence-electron chi connectivity index (χ1n) is 8.03. The average Bonchev–Trinajstić information content (AvgIpc) is 2.66. The highest BCUT2D eigenvalue weighted by molar-refractivity contribution is 7.99. The van der Waals surface area contributed by atoms with Crippen molar-refractivity contribution < 1.29 is 18.4 Å². The van der Waals surface area contributed by atoms with Gasteiger partial charge >= 0.3 is 0 Å². The number of thioether (sulfide) groups is 1. The van der Waals surface area contributed by atoms with Crippen LogP contribution in [0.1, 0.15) is 16.1 Å². The van der Waals surface area contributed by atoms with Gasteiger partial charge in [-0.05, 0) is 30.3 Å². The topological polar surface area (TPSA) is 109 Å². The fourth-order valence-electron chi connectivity index (χ4n) is 2.45. The minimum Gasteiger partial charge on any atom is -0.338 e. The van der Waals surface area contributed by atoms with Crippen LogP contribution < -0.4 is 21.7 Å². The zero-order valence-corrected chi connectivity index (χ0v) is 14.8. The van der Waals surface area contributed by atoms with Gasteiger partial charge in [0.15, 0.2) is 11.6 Å². The van der Waals surface area contributed by atoms with Gasteiger partial charge in [-0.1, -0.05) is 6.07 Å². The minimum absolute atomic E-state index is 0.111. The number of nitrogens with zero attached hydrogens (tertiary/aromatic N) is 1. The fourth-order valence-corrected chi connectivity index (χ4v) is 3.42. The second-order valence-electron chi connectivity index (χ2n) is 5.79. The minimum atomic E-state index is -1.15. The Bertz CT molecular complexity index is 839. The van der Waals surface area contributed by atoms with Crippen molar-refractivity contribution in [3.8, 4) is 0 Å². The van der Waals surface area contributed by atoms with Crippen molar-refractivity contribution in [2.24, 2.45) is 5.73 Å². The molecule has 0 radical (unpaired) electrons. The van der Waals surface area contributed by atoms with E-state index < -0.39 is 41.2 Å². The molecular formula is C17H17F2N5O2S. The van der Waals surface area contributed by atoms with E-state index in [9.17, 15) is 18.4 Å². The van der Waals surface area contributed by atoms with E-state index in [1.165, 1.54) is 11.8 Å². The summed E-state index contributed by atoms with van der Waals surface area (Å²) in [5.41, 5.74) is 6.24. The van der Waals surface area contributed by atoms with Gasteiger partial charge in [0.1, 0.15) is 11.5 Å². The summed E-state index contributed by atoms with van der Waals surface area (Å²) in [6.07, 6.45) is 0.826. The molecule has 2 amide bonds. The van der Waals surface area contributed by atoms with E-state index >= 15 is 0 Å². The molecule has 1 aliphatic heterocycles. The molecule has 1 saturated heterocycles. The van der Waals surface area contributed by atoms with Crippen LogP contribution in [-0.4, -0.2) is 34.5 Å². The van der Waals surface area contributed by atoms with Crippen molar-refractivity contribution in [1.82, 2.24) is 20.9 Å². The van der Waals surface area contributed by atoms with Crippen LogP contribution in [0, 0.1) is 11.6 Å². The van der Waals surface area contributed by atoms with E-state index in [0.29, 0.717) is 5.75 Å². The molecule has 0 spiro atoms. The lowest BCUT2D eigenvalue weighted by Crippen LogP contribution is -2.70. The summed E-state index contributed by atoms with van der Waals surface area (Å²) in [6.45, 7) is 0. The number of hydrogen-bond donors (Lipinski definition) is 4. The van der Waals surface area contributed by atoms with Gasteiger partial charge in [-0.3, -0.25) is 19.9 Å². The molecule has 5 N–H and O–H groups in total. The third kappa shape index (κ3) is 4.79. The Hall–Kier alpha value is -2.56. The molecule has 142 valence electrons. The summed E-state index contributed by atoms with van der Waals surface area (Å²) in [4.78, 5) is 28.7. The first kappa shape index (κ1) is 19.2. The number of pyridine rings is 1. The summed E-state index contributed by atoms with van der Waals surface area (Å²) in [5, 5.41) is 8.10. The summed E-state index contributed by atoms with van der Waals surface area (Å²) < 4.78 is 26.2. The lowest BCUT2D eigenvalue weighted by atomic mass is 10.1. The summed E-state index contributed by atoms with van der Waals surface area (Å²) in [6, 6.07) is 7.21. The van der Waals surface area contributed by atoms with E-state index in [4.69, 9.17) is 5.73 Å². The third-order valence-electron chi connectivity index (χ3n) is 3.85. The van der Waals surface area contributed by atoms with Crippen LogP contribution in [0.4, 0.5) is 8.78 Å². The van der Waals surface area contributed by atoms with Gasteiger partial charge < -0.3 is 16.4 Å². The van der Waals surface area contributed by atoms with E-state index in [2.05, 4.69) is 20.9 Å². The average molecular weight is 393 g/mol. The van der Waals surface area contributed by atoms with Crippen molar-refractivity contribution >= 4 is 23.6 Å². The Labute approximate surface area is 158 Å². The quantitative estimate of drug-likeness (QED) is 0.595. The van der Waals surface area contributed by atoms with Gasteiger partial charge in [-0.25, -0.2) is 8.78 Å². The number of amides is 2. The number of halogens is 2. The van der Waals surface area contributed by atoms with Crippen molar-refractivity contribution in [1.29, 1.82) is 0 Å². The fraction of sp³-hybridized carbons (Fsp3) is 0.235. The number of aromatic nitrogens is 1. The number of hydrogen-bond acceptors (Lipinski definition) is 6. The zero-order chi connectivity index (χ0) is 19.4. The molecule has 0 bridgehead atoms. The van der Waals surface area contributed by atoms with Gasteiger partial charge in [0, 0.05) is 17.5 Å². The molecule has 0 aliphatic carbocycles. The first-order chi connectivity index (χ1) is 12.9. The highest BCUT2D eigenvalue weighted by Crippen LogP contribution is 2.16. The highest BCUT2D eigenvalue weighted by atomic mass is 32.2. The van der Waals surface area contributed by atoms with Gasteiger partial charge in [0.2, 0.25) is 5.91 Å². The molecule has 1 aromatic heterocycles. The Kier molecular flexibility index (Phi) is 5.99. The van der Waals surface area contributed by atoms with E-state index in [-0.39, 0.29) is 5.56 Å². The van der Waals surface area contributed by atoms with E-state index in [1.807, 2.05) is 18.2 Å². The Morgan fingerprint density at radius 1 is 1.26 bits per heavy atom. The summed E-state index contributed by atoms with van der Waals surface area (Å²) in [5.74, 6) is -2.86. The largest absolute Gasteiger partial charge is 0.338 e. The van der Waals surface area contributed by atoms with Crippen LogP contribution in [-0.2, 0) is 10.5 Å². The van der Waals surface area contributed by atoms with Crippen LogP contribution in [0.25, 0.3) is 0 Å².